The van der Waals surface area contributed by atoms with Gasteiger partial charge in [-0.15, -0.1) is 0 Å². The van der Waals surface area contributed by atoms with Gasteiger partial charge in [-0.25, -0.2) is 0 Å². The maximum atomic E-state index is 11.2. The van der Waals surface area contributed by atoms with Gasteiger partial charge in [0.05, 0.1) is 0 Å². The van der Waals surface area contributed by atoms with Crippen LogP contribution in [0.1, 0.15) is 32.1 Å². The van der Waals surface area contributed by atoms with Crippen LogP contribution in [-0.4, -0.2) is 11.6 Å². The van der Waals surface area contributed by atoms with E-state index in [1.807, 2.05) is 0 Å². The van der Waals surface area contributed by atoms with Gasteiger partial charge in [-0.3, -0.25) is 9.59 Å². The monoisotopic (exact) mass is 152 g/mol. The molecule has 2 atom stereocenters. The first-order chi connectivity index (χ1) is 5.29. The first-order valence-electron chi connectivity index (χ1n) is 4.34. The molecule has 0 heterocycles. The average molecular weight is 152 g/mol. The van der Waals surface area contributed by atoms with Crippen LogP contribution in [0, 0.1) is 11.8 Å². The van der Waals surface area contributed by atoms with Crippen molar-refractivity contribution in [2.75, 3.05) is 0 Å². The second-order valence-corrected chi connectivity index (χ2v) is 3.58. The molecule has 2 saturated carbocycles. The quantitative estimate of drug-likeness (QED) is 0.568. The minimum absolute atomic E-state index is 0.122. The van der Waals surface area contributed by atoms with Crippen molar-refractivity contribution >= 4 is 11.6 Å². The summed E-state index contributed by atoms with van der Waals surface area (Å²) in [5, 5.41) is 0. The highest BCUT2D eigenvalue weighted by Gasteiger charge is 2.40. The zero-order chi connectivity index (χ0) is 7.84. The van der Waals surface area contributed by atoms with Crippen molar-refractivity contribution in [1.82, 2.24) is 0 Å². The summed E-state index contributed by atoms with van der Waals surface area (Å²) in [4.78, 5) is 22.2. The summed E-state index contributed by atoms with van der Waals surface area (Å²) in [7, 11) is 0. The van der Waals surface area contributed by atoms with Crippen LogP contribution in [-0.2, 0) is 9.59 Å². The molecular formula is C9H12O2. The fraction of sp³-hybridized carbons (Fsp3) is 0.778. The molecule has 0 N–H and O–H groups in total. The number of carbonyl (C=O) groups excluding carboxylic acids is 2. The zero-order valence-corrected chi connectivity index (χ0v) is 6.51. The lowest BCUT2D eigenvalue weighted by Gasteiger charge is -2.28. The van der Waals surface area contributed by atoms with E-state index in [0.717, 1.165) is 19.3 Å². The summed E-state index contributed by atoms with van der Waals surface area (Å²) < 4.78 is 0. The predicted octanol–water partition coefficient (Wildman–Crippen LogP) is 1.33. The Hall–Kier alpha value is -0.660. The highest BCUT2D eigenvalue weighted by atomic mass is 16.1. The molecule has 60 valence electrons. The van der Waals surface area contributed by atoms with Gasteiger partial charge in [0, 0.05) is 24.7 Å². The number of ketones is 2. The standard InChI is InChI=1S/C9H12O2/c10-8-3-1-2-6(8)7-4-5-9(7)11/h6-7H,1-5H2. The molecule has 0 saturated heterocycles. The Kier molecular flexibility index (Phi) is 1.55. The summed E-state index contributed by atoms with van der Waals surface area (Å²) >= 11 is 0. The third-order valence-corrected chi connectivity index (χ3v) is 2.95. The molecule has 2 rings (SSSR count). The minimum Gasteiger partial charge on any atom is -0.299 e. The highest BCUT2D eigenvalue weighted by molar-refractivity contribution is 5.94. The molecule has 2 unspecified atom stereocenters. The highest BCUT2D eigenvalue weighted by Crippen LogP contribution is 2.37. The maximum Gasteiger partial charge on any atom is 0.136 e. The summed E-state index contributed by atoms with van der Waals surface area (Å²) in [6.45, 7) is 0. The van der Waals surface area contributed by atoms with Crippen molar-refractivity contribution in [3.05, 3.63) is 0 Å². The molecule has 0 aromatic heterocycles. The van der Waals surface area contributed by atoms with Gasteiger partial charge in [-0.1, -0.05) is 0 Å². The van der Waals surface area contributed by atoms with Crippen LogP contribution in [0.5, 0.6) is 0 Å². The number of rotatable bonds is 1. The summed E-state index contributed by atoms with van der Waals surface area (Å²) in [5.74, 6) is 0.912. The number of hydrogen-bond acceptors (Lipinski definition) is 2. The second kappa shape index (κ2) is 2.43. The van der Waals surface area contributed by atoms with E-state index in [4.69, 9.17) is 0 Å². The fourth-order valence-corrected chi connectivity index (χ4v) is 2.12. The minimum atomic E-state index is 0.122. The molecule has 0 aromatic rings. The second-order valence-electron chi connectivity index (χ2n) is 3.58. The van der Waals surface area contributed by atoms with E-state index in [9.17, 15) is 9.59 Å². The summed E-state index contributed by atoms with van der Waals surface area (Å²) in [6.07, 6.45) is 4.38. The Balaban J connectivity index is 2.04. The van der Waals surface area contributed by atoms with E-state index >= 15 is 0 Å². The number of hydrogen-bond donors (Lipinski definition) is 0. The third kappa shape index (κ3) is 1.01. The Morgan fingerprint density at radius 1 is 0.909 bits per heavy atom. The largest absolute Gasteiger partial charge is 0.299 e. The van der Waals surface area contributed by atoms with Crippen LogP contribution in [0.4, 0.5) is 0 Å². The lowest BCUT2D eigenvalue weighted by molar-refractivity contribution is -0.136. The van der Waals surface area contributed by atoms with Crippen molar-refractivity contribution in [1.29, 1.82) is 0 Å². The van der Waals surface area contributed by atoms with Gasteiger partial charge in [0.2, 0.25) is 0 Å². The van der Waals surface area contributed by atoms with Crippen molar-refractivity contribution in [2.24, 2.45) is 11.8 Å². The summed E-state index contributed by atoms with van der Waals surface area (Å²) in [6, 6.07) is 0. The van der Waals surface area contributed by atoms with Crippen LogP contribution in [0.15, 0.2) is 0 Å². The predicted molar refractivity (Wildman–Crippen MR) is 40.1 cm³/mol. The molecule has 2 aliphatic rings. The molecule has 2 nitrogen and oxygen atoms in total. The van der Waals surface area contributed by atoms with Crippen LogP contribution < -0.4 is 0 Å². The van der Waals surface area contributed by atoms with Gasteiger partial charge >= 0.3 is 0 Å². The molecular weight excluding hydrogens is 140 g/mol. The van der Waals surface area contributed by atoms with Gasteiger partial charge in [-0.2, -0.15) is 0 Å². The Labute approximate surface area is 66.0 Å². The number of carbonyl (C=O) groups is 2. The lowest BCUT2D eigenvalue weighted by atomic mass is 9.73. The van der Waals surface area contributed by atoms with E-state index in [1.54, 1.807) is 0 Å². The average Bonchev–Trinajstić information content (AvgIpc) is 2.34. The lowest BCUT2D eigenvalue weighted by Crippen LogP contribution is -2.34. The fourth-order valence-electron chi connectivity index (χ4n) is 2.12. The first-order valence-corrected chi connectivity index (χ1v) is 4.34. The van der Waals surface area contributed by atoms with Gasteiger partial charge in [-0.05, 0) is 19.3 Å². The Morgan fingerprint density at radius 2 is 1.55 bits per heavy atom. The van der Waals surface area contributed by atoms with Crippen LogP contribution in [0.3, 0.4) is 0 Å². The van der Waals surface area contributed by atoms with Crippen LogP contribution >= 0.6 is 0 Å². The Morgan fingerprint density at radius 3 is 1.91 bits per heavy atom. The van der Waals surface area contributed by atoms with Crippen LogP contribution in [0.25, 0.3) is 0 Å². The smallest absolute Gasteiger partial charge is 0.136 e. The van der Waals surface area contributed by atoms with Crippen molar-refractivity contribution in [3.63, 3.8) is 0 Å². The van der Waals surface area contributed by atoms with E-state index < -0.39 is 0 Å². The molecule has 2 aliphatic carbocycles. The SMILES string of the molecule is O=C1CCCC1C1CCC1=O. The number of Topliss-reactive ketones (excluding diaryl/α,β-unsaturated/α-hetero) is 2. The van der Waals surface area contributed by atoms with Crippen molar-refractivity contribution in [3.8, 4) is 0 Å². The van der Waals surface area contributed by atoms with Crippen molar-refractivity contribution < 1.29 is 9.59 Å². The molecule has 11 heavy (non-hydrogen) atoms. The third-order valence-electron chi connectivity index (χ3n) is 2.95. The van der Waals surface area contributed by atoms with Crippen molar-refractivity contribution in [2.45, 2.75) is 32.1 Å². The molecule has 2 fully saturated rings. The van der Waals surface area contributed by atoms with E-state index in [1.165, 1.54) is 0 Å². The molecule has 0 aromatic carbocycles. The van der Waals surface area contributed by atoms with E-state index in [-0.39, 0.29) is 11.8 Å². The normalized spacial score (nSPS) is 37.5. The Bertz CT molecular complexity index is 208. The molecule has 0 spiro atoms. The molecule has 0 bridgehead atoms. The topological polar surface area (TPSA) is 34.1 Å². The van der Waals surface area contributed by atoms with Gasteiger partial charge in [0.1, 0.15) is 11.6 Å². The zero-order valence-electron chi connectivity index (χ0n) is 6.51. The summed E-state index contributed by atoms with van der Waals surface area (Å²) in [5.41, 5.74) is 0. The van der Waals surface area contributed by atoms with E-state index in [0.29, 0.717) is 24.4 Å². The van der Waals surface area contributed by atoms with Gasteiger partial charge < -0.3 is 0 Å². The molecule has 0 radical (unpaired) electrons. The van der Waals surface area contributed by atoms with E-state index in [2.05, 4.69) is 0 Å². The molecule has 0 aliphatic heterocycles. The first kappa shape index (κ1) is 7.01. The maximum absolute atomic E-state index is 11.2. The van der Waals surface area contributed by atoms with Gasteiger partial charge in [0.15, 0.2) is 0 Å². The molecule has 0 amide bonds. The van der Waals surface area contributed by atoms with Gasteiger partial charge in [0.25, 0.3) is 0 Å². The molecule has 2 heteroatoms. The van der Waals surface area contributed by atoms with Crippen LogP contribution in [0.2, 0.25) is 0 Å².